The number of hydrogen-bond donors (Lipinski definition) is 0. The minimum absolute atomic E-state index is 0.0842. The van der Waals surface area contributed by atoms with Gasteiger partial charge in [0.15, 0.2) is 0 Å². The van der Waals surface area contributed by atoms with Gasteiger partial charge in [-0.1, -0.05) is 25.6 Å². The molecule has 1 aliphatic heterocycles. The van der Waals surface area contributed by atoms with E-state index in [0.29, 0.717) is 36.4 Å². The number of nitrogens with zero attached hydrogens (tertiary/aromatic N) is 6. The average Bonchev–Trinajstić information content (AvgIpc) is 3.24. The number of aromatic nitrogens is 4. The van der Waals surface area contributed by atoms with Crippen molar-refractivity contribution in [3.8, 4) is 0 Å². The van der Waals surface area contributed by atoms with E-state index in [4.69, 9.17) is 4.42 Å². The molecule has 0 bridgehead atoms. The molecule has 0 N–H and O–H groups in total. The van der Waals surface area contributed by atoms with Crippen LogP contribution in [0.1, 0.15) is 31.1 Å². The summed E-state index contributed by atoms with van der Waals surface area (Å²) in [7, 11) is 2.08. The largest absolute Gasteiger partial charge is 0.416 e. The second kappa shape index (κ2) is 8.01. The maximum atomic E-state index is 12.5. The van der Waals surface area contributed by atoms with Gasteiger partial charge in [-0.15, -0.1) is 10.2 Å². The highest BCUT2D eigenvalue weighted by Gasteiger charge is 2.23. The molecule has 0 aliphatic carbocycles. The van der Waals surface area contributed by atoms with Gasteiger partial charge in [0.25, 0.3) is 5.22 Å². The van der Waals surface area contributed by atoms with Crippen LogP contribution in [0.5, 0.6) is 0 Å². The molecule has 0 radical (unpaired) electrons. The lowest BCUT2D eigenvalue weighted by atomic mass is 10.2. The molecule has 0 aromatic carbocycles. The Morgan fingerprint density at radius 2 is 2.20 bits per heavy atom. The number of fused-ring (bicyclic) bond motifs is 1. The summed E-state index contributed by atoms with van der Waals surface area (Å²) in [5, 5.41) is 12.9. The van der Waals surface area contributed by atoms with Gasteiger partial charge in [0.2, 0.25) is 11.8 Å². The first-order chi connectivity index (χ1) is 12.1. The van der Waals surface area contributed by atoms with E-state index < -0.39 is 0 Å². The number of thioether (sulfide) groups is 1. The van der Waals surface area contributed by atoms with E-state index in [1.807, 2.05) is 16.5 Å². The predicted octanol–water partition coefficient (Wildman–Crippen LogP) is 1.41. The molecular weight excluding hydrogens is 340 g/mol. The lowest BCUT2D eigenvalue weighted by Crippen LogP contribution is -2.39. The fraction of sp³-hybridized carbons (Fsp3) is 0.625. The Balaban J connectivity index is 1.55. The molecule has 0 unspecified atom stereocenters. The normalized spacial score (nSPS) is 14.2. The number of hydrogen-bond acceptors (Lipinski definition) is 7. The summed E-state index contributed by atoms with van der Waals surface area (Å²) < 4.78 is 7.44. The average molecular weight is 364 g/mol. The number of rotatable bonds is 7. The molecule has 2 aromatic heterocycles. The number of amides is 1. The van der Waals surface area contributed by atoms with Gasteiger partial charge in [-0.2, -0.15) is 5.10 Å². The Labute approximate surface area is 151 Å². The zero-order valence-electron chi connectivity index (χ0n) is 14.9. The Morgan fingerprint density at radius 1 is 1.36 bits per heavy atom. The van der Waals surface area contributed by atoms with Gasteiger partial charge < -0.3 is 14.2 Å². The van der Waals surface area contributed by atoms with Crippen molar-refractivity contribution in [1.29, 1.82) is 0 Å². The molecule has 8 nitrogen and oxygen atoms in total. The van der Waals surface area contributed by atoms with Crippen LogP contribution in [-0.2, 0) is 30.8 Å². The van der Waals surface area contributed by atoms with Crippen LogP contribution in [0.3, 0.4) is 0 Å². The van der Waals surface area contributed by atoms with Gasteiger partial charge in [-0.05, 0) is 19.7 Å². The van der Waals surface area contributed by atoms with Gasteiger partial charge in [-0.3, -0.25) is 9.48 Å². The van der Waals surface area contributed by atoms with Gasteiger partial charge in [-0.25, -0.2) is 0 Å². The molecular formula is C16H24N6O2S. The van der Waals surface area contributed by atoms with Crippen molar-refractivity contribution in [1.82, 2.24) is 29.8 Å². The van der Waals surface area contributed by atoms with E-state index >= 15 is 0 Å². The first-order valence-corrected chi connectivity index (χ1v) is 9.54. The smallest absolute Gasteiger partial charge is 0.277 e. The Morgan fingerprint density at radius 3 is 2.92 bits per heavy atom. The van der Waals surface area contributed by atoms with Crippen LogP contribution >= 0.6 is 11.8 Å². The third-order valence-corrected chi connectivity index (χ3v) is 5.05. The van der Waals surface area contributed by atoms with Crippen LogP contribution in [0, 0.1) is 0 Å². The summed E-state index contributed by atoms with van der Waals surface area (Å²) in [6.45, 7) is 7.92. The number of carbonyl (C=O) groups excluding carboxylic acids is 1. The lowest BCUT2D eigenvalue weighted by molar-refractivity contribution is -0.129. The fourth-order valence-electron chi connectivity index (χ4n) is 2.66. The van der Waals surface area contributed by atoms with E-state index in [9.17, 15) is 4.79 Å². The summed E-state index contributed by atoms with van der Waals surface area (Å²) in [5.41, 5.74) is 2.15. The fourth-order valence-corrected chi connectivity index (χ4v) is 3.34. The summed E-state index contributed by atoms with van der Waals surface area (Å²) >= 11 is 1.30. The molecule has 0 fully saturated rings. The van der Waals surface area contributed by atoms with E-state index in [-0.39, 0.29) is 5.91 Å². The first kappa shape index (κ1) is 17.9. The van der Waals surface area contributed by atoms with Gasteiger partial charge in [0.05, 0.1) is 30.2 Å². The van der Waals surface area contributed by atoms with Gasteiger partial charge in [0.1, 0.15) is 0 Å². The Hall–Kier alpha value is -1.87. The maximum Gasteiger partial charge on any atom is 0.277 e. The second-order valence-corrected chi connectivity index (χ2v) is 7.03. The van der Waals surface area contributed by atoms with Crippen molar-refractivity contribution >= 4 is 17.7 Å². The van der Waals surface area contributed by atoms with Crippen molar-refractivity contribution in [2.45, 2.75) is 45.1 Å². The summed E-state index contributed by atoms with van der Waals surface area (Å²) in [6.07, 6.45) is 0.702. The van der Waals surface area contributed by atoms with E-state index in [1.54, 1.807) is 0 Å². The van der Waals surface area contributed by atoms with E-state index in [1.165, 1.54) is 11.8 Å². The van der Waals surface area contributed by atoms with E-state index in [2.05, 4.69) is 40.2 Å². The zero-order chi connectivity index (χ0) is 17.8. The van der Waals surface area contributed by atoms with Crippen LogP contribution < -0.4 is 0 Å². The predicted molar refractivity (Wildman–Crippen MR) is 94.1 cm³/mol. The topological polar surface area (TPSA) is 80.3 Å². The molecule has 9 heteroatoms. The highest BCUT2D eigenvalue weighted by Crippen LogP contribution is 2.19. The highest BCUT2D eigenvalue weighted by atomic mass is 32.2. The quantitative estimate of drug-likeness (QED) is 0.687. The molecule has 3 rings (SSSR count). The molecule has 136 valence electrons. The molecule has 1 amide bonds. The molecule has 25 heavy (non-hydrogen) atoms. The van der Waals surface area contributed by atoms with E-state index in [0.717, 1.165) is 31.0 Å². The third-order valence-electron chi connectivity index (χ3n) is 4.24. The SMILES string of the molecule is CCc1nnc(SCC(=O)N2CCn3nc(CN(C)CC)cc3C2)o1. The molecule has 0 spiro atoms. The first-order valence-electron chi connectivity index (χ1n) is 8.56. The second-order valence-electron chi connectivity index (χ2n) is 6.10. The van der Waals surface area contributed by atoms with Gasteiger partial charge in [0, 0.05) is 19.5 Å². The van der Waals surface area contributed by atoms with Crippen molar-refractivity contribution in [2.24, 2.45) is 0 Å². The number of carbonyl (C=O) groups is 1. The Bertz CT molecular complexity index is 728. The lowest BCUT2D eigenvalue weighted by Gasteiger charge is -2.27. The minimum atomic E-state index is 0.0842. The van der Waals surface area contributed by atoms with Crippen LogP contribution in [0.15, 0.2) is 15.7 Å². The summed E-state index contributed by atoms with van der Waals surface area (Å²) in [4.78, 5) is 16.5. The van der Waals surface area contributed by atoms with Crippen molar-refractivity contribution in [2.75, 3.05) is 25.9 Å². The maximum absolute atomic E-state index is 12.5. The summed E-state index contributed by atoms with van der Waals surface area (Å²) in [6, 6.07) is 2.10. The van der Waals surface area contributed by atoms with Crippen molar-refractivity contribution < 1.29 is 9.21 Å². The van der Waals surface area contributed by atoms with Crippen molar-refractivity contribution in [3.63, 3.8) is 0 Å². The molecule has 2 aromatic rings. The summed E-state index contributed by atoms with van der Waals surface area (Å²) in [5.74, 6) is 0.993. The molecule has 0 atom stereocenters. The molecule has 0 saturated heterocycles. The Kier molecular flexibility index (Phi) is 5.74. The molecule has 1 aliphatic rings. The standard InChI is InChI=1S/C16H24N6O2S/c1-4-14-17-18-16(24-14)25-11-15(23)21-6-7-22-13(10-21)8-12(19-22)9-20(3)5-2/h8H,4-7,9-11H2,1-3H3. The van der Waals surface area contributed by atoms with Gasteiger partial charge >= 0.3 is 0 Å². The van der Waals surface area contributed by atoms with Crippen LogP contribution in [0.25, 0.3) is 0 Å². The highest BCUT2D eigenvalue weighted by molar-refractivity contribution is 7.99. The minimum Gasteiger partial charge on any atom is -0.416 e. The number of aryl methyl sites for hydroxylation is 1. The monoisotopic (exact) mass is 364 g/mol. The van der Waals surface area contributed by atoms with Crippen LogP contribution in [-0.4, -0.2) is 61.6 Å². The van der Waals surface area contributed by atoms with Crippen molar-refractivity contribution in [3.05, 3.63) is 23.3 Å². The zero-order valence-corrected chi connectivity index (χ0v) is 15.8. The third kappa shape index (κ3) is 4.40. The molecule has 3 heterocycles. The van der Waals surface area contributed by atoms with Crippen LogP contribution in [0.2, 0.25) is 0 Å². The van der Waals surface area contributed by atoms with Crippen LogP contribution in [0.4, 0.5) is 0 Å². The molecule has 0 saturated carbocycles.